The molecule has 116 valence electrons. The Morgan fingerprint density at radius 2 is 2.00 bits per heavy atom. The first-order valence-electron chi connectivity index (χ1n) is 8.62. The Morgan fingerprint density at radius 1 is 1.23 bits per heavy atom. The molecule has 1 aromatic carbocycles. The molecule has 0 radical (unpaired) electrons. The van der Waals surface area contributed by atoms with Crippen LogP contribution < -0.4 is 5.73 Å². The highest BCUT2D eigenvalue weighted by atomic mass is 14.6. The number of allylic oxidation sites excluding steroid dienone is 4. The van der Waals surface area contributed by atoms with Crippen LogP contribution in [0.2, 0.25) is 0 Å². The Balaban J connectivity index is 2.03. The molecule has 0 unspecified atom stereocenters. The van der Waals surface area contributed by atoms with Gasteiger partial charge in [0.2, 0.25) is 0 Å². The van der Waals surface area contributed by atoms with Crippen LogP contribution in [-0.2, 0) is 12.8 Å². The van der Waals surface area contributed by atoms with Crippen LogP contribution in [0.4, 0.5) is 0 Å². The Bertz CT molecular complexity index is 673. The maximum atomic E-state index is 6.29. The van der Waals surface area contributed by atoms with Crippen molar-refractivity contribution in [2.75, 3.05) is 0 Å². The lowest BCUT2D eigenvalue weighted by Gasteiger charge is -2.22. The summed E-state index contributed by atoms with van der Waals surface area (Å²) in [5.41, 5.74) is 17.0. The molecule has 0 spiro atoms. The first-order chi connectivity index (χ1) is 10.6. The number of fused-ring (bicyclic) bond motifs is 1. The highest BCUT2D eigenvalue weighted by Gasteiger charge is 2.22. The van der Waals surface area contributed by atoms with Crippen molar-refractivity contribution in [1.82, 2.24) is 0 Å². The molecule has 0 amide bonds. The van der Waals surface area contributed by atoms with E-state index < -0.39 is 0 Å². The van der Waals surface area contributed by atoms with Gasteiger partial charge in [0, 0.05) is 17.7 Å². The topological polar surface area (TPSA) is 26.0 Å². The molecule has 0 saturated carbocycles. The summed E-state index contributed by atoms with van der Waals surface area (Å²) in [4.78, 5) is 0. The van der Waals surface area contributed by atoms with Crippen molar-refractivity contribution in [1.29, 1.82) is 0 Å². The number of hydrogen-bond acceptors (Lipinski definition) is 1. The standard InChI is InChI=1S/C21H27N/c1-4-7-14(2)21-19(12-13-20(21)22)18-11-10-16-8-5-6-9-17(16)15(18)3/h10-12H,2,4-9,13,22H2,1,3H3. The van der Waals surface area contributed by atoms with Gasteiger partial charge in [0.15, 0.2) is 0 Å². The van der Waals surface area contributed by atoms with Crippen LogP contribution in [0.15, 0.2) is 41.6 Å². The van der Waals surface area contributed by atoms with Gasteiger partial charge >= 0.3 is 0 Å². The van der Waals surface area contributed by atoms with E-state index in [1.807, 2.05) is 0 Å². The van der Waals surface area contributed by atoms with Gasteiger partial charge in [0.25, 0.3) is 0 Å². The second kappa shape index (κ2) is 6.16. The van der Waals surface area contributed by atoms with Crippen molar-refractivity contribution < 1.29 is 0 Å². The monoisotopic (exact) mass is 293 g/mol. The molecule has 1 aromatic rings. The van der Waals surface area contributed by atoms with Crippen LogP contribution in [0.3, 0.4) is 0 Å². The van der Waals surface area contributed by atoms with Crippen LogP contribution in [0.25, 0.3) is 5.57 Å². The minimum atomic E-state index is 0.865. The Kier molecular flexibility index (Phi) is 4.24. The summed E-state index contributed by atoms with van der Waals surface area (Å²) < 4.78 is 0. The average Bonchev–Trinajstić information content (AvgIpc) is 2.90. The van der Waals surface area contributed by atoms with Crippen LogP contribution >= 0.6 is 0 Å². The van der Waals surface area contributed by atoms with Crippen LogP contribution in [0, 0.1) is 6.92 Å². The third kappa shape index (κ3) is 2.54. The Labute approximate surface area is 134 Å². The summed E-state index contributed by atoms with van der Waals surface area (Å²) in [5.74, 6) is 0. The van der Waals surface area contributed by atoms with Crippen molar-refractivity contribution in [2.45, 2.75) is 58.8 Å². The number of aryl methyl sites for hydroxylation is 1. The van der Waals surface area contributed by atoms with E-state index in [4.69, 9.17) is 5.73 Å². The first kappa shape index (κ1) is 15.1. The minimum absolute atomic E-state index is 0.865. The van der Waals surface area contributed by atoms with E-state index in [1.165, 1.54) is 53.5 Å². The SMILES string of the molecule is C=C(CCC)C1=C(N)CC=C1c1ccc2c(c1C)CCCC2. The molecule has 0 heterocycles. The summed E-state index contributed by atoms with van der Waals surface area (Å²) in [6.07, 6.45) is 10.4. The lowest BCUT2D eigenvalue weighted by molar-refractivity contribution is 0.681. The molecular formula is C21H27N. The quantitative estimate of drug-likeness (QED) is 0.808. The van der Waals surface area contributed by atoms with Gasteiger partial charge in [0.05, 0.1) is 0 Å². The van der Waals surface area contributed by atoms with Crippen molar-refractivity contribution in [3.05, 3.63) is 63.9 Å². The first-order valence-corrected chi connectivity index (χ1v) is 8.62. The van der Waals surface area contributed by atoms with Gasteiger partial charge in [-0.1, -0.05) is 38.1 Å². The van der Waals surface area contributed by atoms with Crippen molar-refractivity contribution in [2.24, 2.45) is 5.73 Å². The number of rotatable bonds is 4. The number of benzene rings is 1. The summed E-state index contributed by atoms with van der Waals surface area (Å²) in [5, 5.41) is 0. The van der Waals surface area contributed by atoms with E-state index in [0.717, 1.165) is 25.0 Å². The Hall–Kier alpha value is -1.76. The van der Waals surface area contributed by atoms with E-state index in [0.29, 0.717) is 0 Å². The molecule has 3 rings (SSSR count). The van der Waals surface area contributed by atoms with Gasteiger partial charge in [-0.2, -0.15) is 0 Å². The summed E-state index contributed by atoms with van der Waals surface area (Å²) in [7, 11) is 0. The lowest BCUT2D eigenvalue weighted by atomic mass is 9.83. The molecule has 0 bridgehead atoms. The smallest absolute Gasteiger partial charge is 0.0201 e. The highest BCUT2D eigenvalue weighted by molar-refractivity contribution is 5.88. The van der Waals surface area contributed by atoms with E-state index >= 15 is 0 Å². The Morgan fingerprint density at radius 3 is 2.77 bits per heavy atom. The lowest BCUT2D eigenvalue weighted by Crippen LogP contribution is -2.08. The fourth-order valence-corrected chi connectivity index (χ4v) is 3.98. The van der Waals surface area contributed by atoms with E-state index in [-0.39, 0.29) is 0 Å². The molecule has 0 atom stereocenters. The highest BCUT2D eigenvalue weighted by Crippen LogP contribution is 2.40. The maximum Gasteiger partial charge on any atom is 0.0201 e. The number of hydrogen-bond donors (Lipinski definition) is 1. The molecule has 0 aromatic heterocycles. The van der Waals surface area contributed by atoms with Gasteiger partial charge < -0.3 is 5.73 Å². The molecule has 0 aliphatic heterocycles. The van der Waals surface area contributed by atoms with Gasteiger partial charge in [-0.15, -0.1) is 0 Å². The molecule has 1 heteroatoms. The molecule has 0 saturated heterocycles. The zero-order chi connectivity index (χ0) is 15.7. The predicted molar refractivity (Wildman–Crippen MR) is 95.7 cm³/mol. The third-order valence-electron chi connectivity index (χ3n) is 5.13. The molecular weight excluding hydrogens is 266 g/mol. The average molecular weight is 293 g/mol. The summed E-state index contributed by atoms with van der Waals surface area (Å²) in [6.45, 7) is 8.78. The molecule has 2 N–H and O–H groups in total. The van der Waals surface area contributed by atoms with Gasteiger partial charge in [-0.05, 0) is 72.4 Å². The molecule has 1 nitrogen and oxygen atoms in total. The van der Waals surface area contributed by atoms with Gasteiger partial charge in [-0.3, -0.25) is 0 Å². The zero-order valence-electron chi connectivity index (χ0n) is 14.0. The van der Waals surface area contributed by atoms with E-state index in [2.05, 4.69) is 38.6 Å². The molecule has 0 fully saturated rings. The second-order valence-corrected chi connectivity index (χ2v) is 6.66. The van der Waals surface area contributed by atoms with Gasteiger partial charge in [-0.25, -0.2) is 0 Å². The number of nitrogens with two attached hydrogens (primary N) is 1. The summed E-state index contributed by atoms with van der Waals surface area (Å²) in [6, 6.07) is 4.65. The van der Waals surface area contributed by atoms with Crippen LogP contribution in [0.1, 0.15) is 61.3 Å². The molecule has 22 heavy (non-hydrogen) atoms. The van der Waals surface area contributed by atoms with Crippen molar-refractivity contribution in [3.63, 3.8) is 0 Å². The third-order valence-corrected chi connectivity index (χ3v) is 5.13. The van der Waals surface area contributed by atoms with Gasteiger partial charge in [0.1, 0.15) is 0 Å². The van der Waals surface area contributed by atoms with Crippen LogP contribution in [0.5, 0.6) is 0 Å². The predicted octanol–water partition coefficient (Wildman–Crippen LogP) is 5.23. The van der Waals surface area contributed by atoms with Crippen molar-refractivity contribution in [3.8, 4) is 0 Å². The second-order valence-electron chi connectivity index (χ2n) is 6.66. The zero-order valence-corrected chi connectivity index (χ0v) is 14.0. The summed E-state index contributed by atoms with van der Waals surface area (Å²) >= 11 is 0. The normalized spacial score (nSPS) is 17.5. The fourth-order valence-electron chi connectivity index (χ4n) is 3.98. The fraction of sp³-hybridized carbons (Fsp3) is 0.429. The minimum Gasteiger partial charge on any atom is -0.401 e. The van der Waals surface area contributed by atoms with Crippen molar-refractivity contribution >= 4 is 5.57 Å². The molecule has 2 aliphatic rings. The molecule has 2 aliphatic carbocycles. The largest absolute Gasteiger partial charge is 0.401 e. The van der Waals surface area contributed by atoms with Crippen LogP contribution in [-0.4, -0.2) is 0 Å². The van der Waals surface area contributed by atoms with E-state index in [9.17, 15) is 0 Å². The maximum absolute atomic E-state index is 6.29. The van der Waals surface area contributed by atoms with E-state index in [1.54, 1.807) is 11.1 Å².